The molecule has 6 nitrogen and oxygen atoms in total. The minimum absolute atomic E-state index is 0.000636. The number of hydrogen-bond donors (Lipinski definition) is 0. The van der Waals surface area contributed by atoms with Crippen LogP contribution in [0.25, 0.3) is 0 Å². The van der Waals surface area contributed by atoms with Crippen LogP contribution < -0.4 is 0 Å². The SMILES string of the molecule is N#CC1(C#N)[C@H](OCc2ccccc2)C2(CC2)[C@H]1c1ccc([N+](=O)[O-])cc1. The van der Waals surface area contributed by atoms with E-state index in [1.54, 1.807) is 12.1 Å². The number of ether oxygens (including phenoxy) is 1. The molecule has 0 bridgehead atoms. The monoisotopic (exact) mass is 359 g/mol. The van der Waals surface area contributed by atoms with Gasteiger partial charge in [0.15, 0.2) is 5.41 Å². The number of hydrogen-bond acceptors (Lipinski definition) is 5. The number of nitro benzene ring substituents is 1. The first kappa shape index (κ1) is 17.2. The molecule has 1 spiro atoms. The van der Waals surface area contributed by atoms with E-state index in [0.717, 1.165) is 24.0 Å². The van der Waals surface area contributed by atoms with E-state index >= 15 is 0 Å². The second-order valence-electron chi connectivity index (χ2n) is 7.28. The Bertz CT molecular complexity index is 939. The smallest absolute Gasteiger partial charge is 0.269 e. The van der Waals surface area contributed by atoms with Gasteiger partial charge >= 0.3 is 0 Å². The Morgan fingerprint density at radius 1 is 1.07 bits per heavy atom. The molecule has 0 N–H and O–H groups in total. The topological polar surface area (TPSA) is 100.0 Å². The lowest BCUT2D eigenvalue weighted by atomic mass is 9.48. The summed E-state index contributed by atoms with van der Waals surface area (Å²) in [6.07, 6.45) is 1.32. The average Bonchev–Trinajstić information content (AvgIpc) is 3.50. The zero-order valence-electron chi connectivity index (χ0n) is 14.5. The highest BCUT2D eigenvalue weighted by molar-refractivity contribution is 5.48. The third-order valence-corrected chi connectivity index (χ3v) is 5.86. The van der Waals surface area contributed by atoms with Gasteiger partial charge < -0.3 is 4.74 Å². The maximum Gasteiger partial charge on any atom is 0.269 e. The molecule has 0 aliphatic heterocycles. The van der Waals surface area contributed by atoms with Gasteiger partial charge in [0.2, 0.25) is 0 Å². The fraction of sp³-hybridized carbons (Fsp3) is 0.333. The minimum Gasteiger partial charge on any atom is -0.370 e. The van der Waals surface area contributed by atoms with Crippen LogP contribution in [0.15, 0.2) is 54.6 Å². The molecule has 0 heterocycles. The standard InChI is InChI=1S/C21H17N3O3/c22-13-21(14-23)18(16-6-8-17(9-7-16)24(25)26)20(10-11-20)19(21)27-12-15-4-2-1-3-5-15/h1-9,18-19H,10-12H2/t18-,19-/m1/s1. The first-order chi connectivity index (χ1) is 13.1. The second-order valence-corrected chi connectivity index (χ2v) is 7.28. The lowest BCUT2D eigenvalue weighted by molar-refractivity contribution is -0.384. The molecule has 27 heavy (non-hydrogen) atoms. The van der Waals surface area contributed by atoms with Crippen LogP contribution in [0, 0.1) is 43.6 Å². The average molecular weight is 359 g/mol. The van der Waals surface area contributed by atoms with Crippen LogP contribution in [0.2, 0.25) is 0 Å². The quantitative estimate of drug-likeness (QED) is 0.591. The predicted molar refractivity (Wildman–Crippen MR) is 96.2 cm³/mol. The number of nitrogens with zero attached hydrogens (tertiary/aromatic N) is 3. The zero-order valence-corrected chi connectivity index (χ0v) is 14.5. The van der Waals surface area contributed by atoms with Crippen LogP contribution in [0.4, 0.5) is 5.69 Å². The van der Waals surface area contributed by atoms with Crippen LogP contribution >= 0.6 is 0 Å². The summed E-state index contributed by atoms with van der Waals surface area (Å²) in [5, 5.41) is 30.7. The van der Waals surface area contributed by atoms with Gasteiger partial charge in [-0.25, -0.2) is 0 Å². The molecule has 0 unspecified atom stereocenters. The van der Waals surface area contributed by atoms with Gasteiger partial charge in [-0.05, 0) is 24.0 Å². The normalized spacial score (nSPS) is 23.6. The van der Waals surface area contributed by atoms with E-state index < -0.39 is 16.4 Å². The van der Waals surface area contributed by atoms with Crippen molar-refractivity contribution in [1.29, 1.82) is 10.5 Å². The molecule has 2 fully saturated rings. The first-order valence-corrected chi connectivity index (χ1v) is 8.80. The summed E-state index contributed by atoms with van der Waals surface area (Å²) in [5.74, 6) is -0.290. The Labute approximate surface area is 156 Å². The Morgan fingerprint density at radius 3 is 2.22 bits per heavy atom. The molecule has 2 atom stereocenters. The molecule has 2 aliphatic rings. The van der Waals surface area contributed by atoms with Gasteiger partial charge in [-0.1, -0.05) is 42.5 Å². The summed E-state index contributed by atoms with van der Waals surface area (Å²) in [5.41, 5.74) is 0.287. The highest BCUT2D eigenvalue weighted by Crippen LogP contribution is 2.76. The van der Waals surface area contributed by atoms with Crippen molar-refractivity contribution in [2.24, 2.45) is 10.8 Å². The maximum absolute atomic E-state index is 10.9. The molecule has 2 aromatic carbocycles. The van der Waals surface area contributed by atoms with Crippen LogP contribution in [0.5, 0.6) is 0 Å². The van der Waals surface area contributed by atoms with Crippen molar-refractivity contribution in [1.82, 2.24) is 0 Å². The molecule has 0 saturated heterocycles. The van der Waals surface area contributed by atoms with Crippen molar-refractivity contribution in [3.63, 3.8) is 0 Å². The summed E-state index contributed by atoms with van der Waals surface area (Å²) in [4.78, 5) is 10.4. The van der Waals surface area contributed by atoms with Crippen LogP contribution in [0.3, 0.4) is 0 Å². The molecule has 2 aromatic rings. The summed E-state index contributed by atoms with van der Waals surface area (Å²) < 4.78 is 6.10. The molecular formula is C21H17N3O3. The summed E-state index contributed by atoms with van der Waals surface area (Å²) >= 11 is 0. The lowest BCUT2D eigenvalue weighted by Gasteiger charge is -2.54. The van der Waals surface area contributed by atoms with E-state index in [-0.39, 0.29) is 17.0 Å². The second kappa shape index (κ2) is 6.19. The van der Waals surface area contributed by atoms with E-state index in [0.29, 0.717) is 6.61 Å². The summed E-state index contributed by atoms with van der Waals surface area (Å²) in [6.45, 7) is 0.353. The van der Waals surface area contributed by atoms with Crippen molar-refractivity contribution >= 4 is 5.69 Å². The molecule has 0 amide bonds. The number of nitriles is 2. The molecule has 6 heteroatoms. The molecule has 134 valence electrons. The molecule has 2 aliphatic carbocycles. The van der Waals surface area contributed by atoms with Gasteiger partial charge in [0, 0.05) is 23.5 Å². The van der Waals surface area contributed by atoms with Gasteiger partial charge in [0.05, 0.1) is 29.8 Å². The summed E-state index contributed by atoms with van der Waals surface area (Å²) in [6, 6.07) is 20.3. The van der Waals surface area contributed by atoms with E-state index in [1.165, 1.54) is 12.1 Å². The summed E-state index contributed by atoms with van der Waals surface area (Å²) in [7, 11) is 0. The largest absolute Gasteiger partial charge is 0.370 e. The fourth-order valence-electron chi connectivity index (χ4n) is 4.51. The van der Waals surface area contributed by atoms with E-state index in [4.69, 9.17) is 4.74 Å². The van der Waals surface area contributed by atoms with Gasteiger partial charge in [0.25, 0.3) is 5.69 Å². The molecule has 2 saturated carbocycles. The Morgan fingerprint density at radius 2 is 1.70 bits per heavy atom. The molecule has 0 aromatic heterocycles. The molecule has 0 radical (unpaired) electrons. The van der Waals surface area contributed by atoms with Gasteiger partial charge in [-0.2, -0.15) is 10.5 Å². The lowest BCUT2D eigenvalue weighted by Crippen LogP contribution is -2.60. The number of benzene rings is 2. The van der Waals surface area contributed by atoms with E-state index in [9.17, 15) is 20.6 Å². The number of rotatable bonds is 5. The number of non-ortho nitro benzene ring substituents is 1. The van der Waals surface area contributed by atoms with Crippen LogP contribution in [-0.4, -0.2) is 11.0 Å². The Kier molecular flexibility index (Phi) is 3.95. The predicted octanol–water partition coefficient (Wildman–Crippen LogP) is 4.09. The Balaban J connectivity index is 1.63. The minimum atomic E-state index is -1.28. The van der Waals surface area contributed by atoms with Gasteiger partial charge in [-0.3, -0.25) is 10.1 Å². The van der Waals surface area contributed by atoms with Crippen molar-refractivity contribution in [3.8, 4) is 12.1 Å². The molecule has 4 rings (SSSR count). The van der Waals surface area contributed by atoms with Crippen LogP contribution in [0.1, 0.15) is 29.9 Å². The molecular weight excluding hydrogens is 342 g/mol. The van der Waals surface area contributed by atoms with Crippen molar-refractivity contribution in [3.05, 3.63) is 75.8 Å². The van der Waals surface area contributed by atoms with E-state index in [2.05, 4.69) is 12.1 Å². The van der Waals surface area contributed by atoms with Gasteiger partial charge in [-0.15, -0.1) is 0 Å². The van der Waals surface area contributed by atoms with Gasteiger partial charge in [0.1, 0.15) is 0 Å². The fourth-order valence-corrected chi connectivity index (χ4v) is 4.51. The van der Waals surface area contributed by atoms with Crippen molar-refractivity contribution < 1.29 is 9.66 Å². The maximum atomic E-state index is 10.9. The Hall–Kier alpha value is -3.22. The van der Waals surface area contributed by atoms with E-state index in [1.807, 2.05) is 30.3 Å². The van der Waals surface area contributed by atoms with Crippen molar-refractivity contribution in [2.75, 3.05) is 0 Å². The highest BCUT2D eigenvalue weighted by Gasteiger charge is 2.78. The third kappa shape index (κ3) is 2.50. The third-order valence-electron chi connectivity index (χ3n) is 5.86. The number of nitro groups is 1. The van der Waals surface area contributed by atoms with Crippen LogP contribution in [-0.2, 0) is 11.3 Å². The highest BCUT2D eigenvalue weighted by atomic mass is 16.6. The van der Waals surface area contributed by atoms with Crippen molar-refractivity contribution in [2.45, 2.75) is 31.5 Å². The zero-order chi connectivity index (χ0) is 19.1. The first-order valence-electron chi connectivity index (χ1n) is 8.80.